The zero-order chi connectivity index (χ0) is 36.9. The first-order chi connectivity index (χ1) is 24.2. The fraction of sp³-hybridized carbons (Fsp3) is 0.860. The van der Waals surface area contributed by atoms with Crippen molar-refractivity contribution in [1.29, 1.82) is 0 Å². The minimum Gasteiger partial charge on any atom is -0.385 e. The molecule has 7 heteroatoms. The van der Waals surface area contributed by atoms with Crippen LogP contribution in [0.3, 0.4) is 0 Å². The summed E-state index contributed by atoms with van der Waals surface area (Å²) in [4.78, 5) is 52.2. The van der Waals surface area contributed by atoms with Crippen LogP contribution in [0.15, 0.2) is 12.2 Å². The van der Waals surface area contributed by atoms with Crippen LogP contribution in [0.2, 0.25) is 0 Å². The Balaban J connectivity index is 2.40. The molecule has 0 aromatic carbocycles. The highest BCUT2D eigenvalue weighted by atomic mass is 16.4. The third-order valence-electron chi connectivity index (χ3n) is 10.7. The Bertz CT molecular complexity index is 941. The number of Topliss-reactive ketones (excluding diaryl/α,β-unsaturated/α-hetero) is 4. The molecule has 1 rings (SSSR count). The van der Waals surface area contributed by atoms with Gasteiger partial charge in [-0.3, -0.25) is 19.2 Å². The number of carbonyl (C=O) groups is 4. The largest absolute Gasteiger partial charge is 0.385 e. The maximum Gasteiger partial charge on any atom is 0.227 e. The Labute approximate surface area is 305 Å². The molecule has 0 radical (unpaired) electrons. The number of allylic oxidation sites excluding steroid dienone is 2. The SMILES string of the molecule is CCCCCCCCC=CCCCCCCCC(=O)C(O)(C(=O)C(O)CCCCCCCCCCCCCCCCC)C1(O)C(=O)CCC1=O. The van der Waals surface area contributed by atoms with Crippen LogP contribution in [0, 0.1) is 0 Å². The summed E-state index contributed by atoms with van der Waals surface area (Å²) in [5.41, 5.74) is -6.38. The fourth-order valence-corrected chi connectivity index (χ4v) is 7.28. The van der Waals surface area contributed by atoms with Crippen LogP contribution in [-0.4, -0.2) is 55.8 Å². The molecular weight excluding hydrogens is 628 g/mol. The van der Waals surface area contributed by atoms with Gasteiger partial charge in [-0.25, -0.2) is 0 Å². The second-order valence-corrected chi connectivity index (χ2v) is 15.1. The molecule has 0 aromatic rings. The van der Waals surface area contributed by atoms with Gasteiger partial charge in [0.1, 0.15) is 6.10 Å². The average Bonchev–Trinajstić information content (AvgIpc) is 3.38. The van der Waals surface area contributed by atoms with Crippen molar-refractivity contribution >= 4 is 23.1 Å². The Morgan fingerprint density at radius 1 is 0.600 bits per heavy atom. The summed E-state index contributed by atoms with van der Waals surface area (Å²) < 4.78 is 0. The van der Waals surface area contributed by atoms with Crippen molar-refractivity contribution in [2.24, 2.45) is 0 Å². The van der Waals surface area contributed by atoms with Crippen LogP contribution in [0.4, 0.5) is 0 Å². The zero-order valence-electron chi connectivity index (χ0n) is 32.3. The molecule has 7 nitrogen and oxygen atoms in total. The number of aliphatic hydroxyl groups excluding tert-OH is 1. The van der Waals surface area contributed by atoms with Crippen LogP contribution < -0.4 is 0 Å². The van der Waals surface area contributed by atoms with Gasteiger partial charge in [-0.05, 0) is 38.5 Å². The number of rotatable bonds is 35. The van der Waals surface area contributed by atoms with Crippen molar-refractivity contribution in [2.45, 2.75) is 237 Å². The summed E-state index contributed by atoms with van der Waals surface area (Å²) in [5, 5.41) is 33.4. The van der Waals surface area contributed by atoms with Gasteiger partial charge in [-0.1, -0.05) is 174 Å². The molecule has 0 aromatic heterocycles. The molecule has 0 aliphatic heterocycles. The van der Waals surface area contributed by atoms with E-state index in [1.165, 1.54) is 103 Å². The molecule has 0 amide bonds. The molecule has 3 N–H and O–H groups in total. The molecule has 1 fully saturated rings. The normalized spacial score (nSPS) is 16.3. The van der Waals surface area contributed by atoms with Crippen molar-refractivity contribution in [2.75, 3.05) is 0 Å². The topological polar surface area (TPSA) is 129 Å². The molecule has 2 atom stereocenters. The first kappa shape index (κ1) is 46.3. The lowest BCUT2D eigenvalue weighted by Gasteiger charge is -2.37. The summed E-state index contributed by atoms with van der Waals surface area (Å²) in [6.45, 7) is 4.47. The van der Waals surface area contributed by atoms with Crippen LogP contribution in [0.5, 0.6) is 0 Å². The van der Waals surface area contributed by atoms with E-state index in [1.807, 2.05) is 0 Å². The van der Waals surface area contributed by atoms with E-state index in [9.17, 15) is 34.5 Å². The lowest BCUT2D eigenvalue weighted by atomic mass is 9.71. The highest BCUT2D eigenvalue weighted by molar-refractivity contribution is 6.28. The minimum absolute atomic E-state index is 0.00144. The number of hydrogen-bond acceptors (Lipinski definition) is 7. The third-order valence-corrected chi connectivity index (χ3v) is 10.7. The molecule has 2 unspecified atom stereocenters. The van der Waals surface area contributed by atoms with Gasteiger partial charge in [0.25, 0.3) is 0 Å². The van der Waals surface area contributed by atoms with Gasteiger partial charge in [0.15, 0.2) is 17.3 Å². The van der Waals surface area contributed by atoms with E-state index >= 15 is 0 Å². The van der Waals surface area contributed by atoms with Crippen molar-refractivity contribution < 1.29 is 34.5 Å². The van der Waals surface area contributed by atoms with E-state index in [1.54, 1.807) is 0 Å². The lowest BCUT2D eigenvalue weighted by Crippen LogP contribution is -2.71. The van der Waals surface area contributed by atoms with E-state index in [0.717, 1.165) is 57.8 Å². The predicted octanol–water partition coefficient (Wildman–Crippen LogP) is 10.2. The maximum atomic E-state index is 13.4. The van der Waals surface area contributed by atoms with E-state index in [-0.39, 0.29) is 25.7 Å². The van der Waals surface area contributed by atoms with Gasteiger partial charge in [0.05, 0.1) is 0 Å². The Hall–Kier alpha value is -1.70. The van der Waals surface area contributed by atoms with Gasteiger partial charge in [0, 0.05) is 19.3 Å². The number of hydrogen-bond donors (Lipinski definition) is 3. The number of unbranched alkanes of at least 4 members (excludes halogenated alkanes) is 25. The highest BCUT2D eigenvalue weighted by Crippen LogP contribution is 2.37. The summed E-state index contributed by atoms with van der Waals surface area (Å²) in [5.74, 6) is -4.45. The second kappa shape index (κ2) is 28.8. The summed E-state index contributed by atoms with van der Waals surface area (Å²) in [7, 11) is 0. The molecule has 0 spiro atoms. The summed E-state index contributed by atoms with van der Waals surface area (Å²) in [6.07, 6.45) is 33.3. The molecule has 1 aliphatic carbocycles. The standard InChI is InChI=1S/C43H76O7/c1-3-5-7-9-11-13-15-17-19-21-23-25-27-29-31-33-37(44)41(48)43(50,42(49)39(46)35-36-40(42)47)38(45)34-32-30-28-26-24-22-20-18-16-14-12-10-8-6-4-2/h18,20,37,44,49-50H,3-17,19,21-36H2,1-2H3. The molecule has 290 valence electrons. The summed E-state index contributed by atoms with van der Waals surface area (Å²) in [6, 6.07) is 0. The van der Waals surface area contributed by atoms with Crippen LogP contribution in [0.25, 0.3) is 0 Å². The van der Waals surface area contributed by atoms with Crippen molar-refractivity contribution in [3.63, 3.8) is 0 Å². The lowest BCUT2D eigenvalue weighted by molar-refractivity contribution is -0.190. The van der Waals surface area contributed by atoms with Gasteiger partial charge < -0.3 is 15.3 Å². The van der Waals surface area contributed by atoms with Gasteiger partial charge >= 0.3 is 0 Å². The average molecular weight is 705 g/mol. The monoisotopic (exact) mass is 705 g/mol. The van der Waals surface area contributed by atoms with E-state index < -0.39 is 40.4 Å². The Morgan fingerprint density at radius 3 is 1.34 bits per heavy atom. The highest BCUT2D eigenvalue weighted by Gasteiger charge is 2.69. The van der Waals surface area contributed by atoms with Gasteiger partial charge in [-0.15, -0.1) is 0 Å². The van der Waals surface area contributed by atoms with Gasteiger partial charge in [-0.2, -0.15) is 0 Å². The second-order valence-electron chi connectivity index (χ2n) is 15.1. The summed E-state index contributed by atoms with van der Waals surface area (Å²) >= 11 is 0. The van der Waals surface area contributed by atoms with Crippen LogP contribution in [0.1, 0.15) is 219 Å². The van der Waals surface area contributed by atoms with Crippen molar-refractivity contribution in [1.82, 2.24) is 0 Å². The molecule has 0 heterocycles. The Kier molecular flexibility index (Phi) is 26.7. The van der Waals surface area contributed by atoms with E-state index in [0.29, 0.717) is 19.3 Å². The molecule has 0 bridgehead atoms. The number of ketones is 4. The maximum absolute atomic E-state index is 13.4. The number of aliphatic hydroxyl groups is 3. The molecule has 1 aliphatic rings. The van der Waals surface area contributed by atoms with Crippen LogP contribution >= 0.6 is 0 Å². The third kappa shape index (κ3) is 17.2. The van der Waals surface area contributed by atoms with E-state index in [4.69, 9.17) is 0 Å². The minimum atomic E-state index is -3.26. The zero-order valence-corrected chi connectivity index (χ0v) is 32.3. The van der Waals surface area contributed by atoms with Crippen molar-refractivity contribution in [3.05, 3.63) is 12.2 Å². The van der Waals surface area contributed by atoms with Crippen LogP contribution in [-0.2, 0) is 19.2 Å². The van der Waals surface area contributed by atoms with Crippen molar-refractivity contribution in [3.8, 4) is 0 Å². The smallest absolute Gasteiger partial charge is 0.227 e. The van der Waals surface area contributed by atoms with E-state index in [2.05, 4.69) is 26.0 Å². The number of carbonyl (C=O) groups excluding carboxylic acids is 4. The molecule has 50 heavy (non-hydrogen) atoms. The predicted molar refractivity (Wildman–Crippen MR) is 204 cm³/mol. The Morgan fingerprint density at radius 2 is 0.940 bits per heavy atom. The molecule has 1 saturated carbocycles. The fourth-order valence-electron chi connectivity index (χ4n) is 7.28. The molecular formula is C43H76O7. The first-order valence-electron chi connectivity index (χ1n) is 21.1. The first-order valence-corrected chi connectivity index (χ1v) is 21.1. The van der Waals surface area contributed by atoms with Gasteiger partial charge in [0.2, 0.25) is 17.0 Å². The quantitative estimate of drug-likeness (QED) is 0.0340. The molecule has 0 saturated heterocycles.